The highest BCUT2D eigenvalue weighted by Crippen LogP contribution is 2.25. The molecule has 1 aromatic carbocycles. The zero-order valence-corrected chi connectivity index (χ0v) is 19.7. The van der Waals surface area contributed by atoms with Gasteiger partial charge in [0.15, 0.2) is 10.9 Å². The van der Waals surface area contributed by atoms with Gasteiger partial charge in [0.05, 0.1) is 47.2 Å². The van der Waals surface area contributed by atoms with Crippen LogP contribution in [0.1, 0.15) is 52.0 Å². The number of para-hydroxylation sites is 1. The first-order chi connectivity index (χ1) is 15.3. The molecule has 0 saturated heterocycles. The van der Waals surface area contributed by atoms with Gasteiger partial charge in [0.25, 0.3) is 5.56 Å². The van der Waals surface area contributed by atoms with Crippen LogP contribution < -0.4 is 5.56 Å². The number of nitrogens with one attached hydrogen (secondary N) is 1. The zero-order valence-electron chi connectivity index (χ0n) is 18.9. The molecular formula is C23H27N3O5S. The second kappa shape index (κ2) is 10.1. The van der Waals surface area contributed by atoms with E-state index in [1.54, 1.807) is 50.6 Å². The number of aryl methyl sites for hydroxylation is 1. The molecule has 3 rings (SSSR count). The third-order valence-electron chi connectivity index (χ3n) is 5.15. The van der Waals surface area contributed by atoms with Crippen molar-refractivity contribution in [3.63, 3.8) is 0 Å². The van der Waals surface area contributed by atoms with E-state index in [0.29, 0.717) is 45.2 Å². The van der Waals surface area contributed by atoms with Crippen molar-refractivity contribution in [1.82, 2.24) is 14.5 Å². The van der Waals surface area contributed by atoms with E-state index in [1.165, 1.54) is 11.8 Å². The zero-order chi connectivity index (χ0) is 23.4. The molecule has 2 heterocycles. The maximum atomic E-state index is 13.1. The monoisotopic (exact) mass is 457 g/mol. The summed E-state index contributed by atoms with van der Waals surface area (Å²) in [5.74, 6) is -0.601. The molecule has 2 aromatic heterocycles. The Balaban J connectivity index is 1.93. The number of rotatable bonds is 9. The summed E-state index contributed by atoms with van der Waals surface area (Å²) in [7, 11) is 1.57. The molecule has 0 amide bonds. The quantitative estimate of drug-likeness (QED) is 0.226. The second-order valence-electron chi connectivity index (χ2n) is 7.45. The van der Waals surface area contributed by atoms with Crippen molar-refractivity contribution in [2.24, 2.45) is 0 Å². The van der Waals surface area contributed by atoms with E-state index in [9.17, 15) is 14.4 Å². The standard InChI is InChI=1S/C23H27N3O5S/c1-6-31-22(29)19-14(3)20(24-15(19)4)18(27)12-32-23-25-17-10-8-7-9-16(17)21(28)26(23)13(2)11-30-5/h7-10,13,24H,6,11-12H2,1-5H3/t13-/m1/s1. The highest BCUT2D eigenvalue weighted by molar-refractivity contribution is 7.99. The van der Waals surface area contributed by atoms with Gasteiger partial charge >= 0.3 is 5.97 Å². The average Bonchev–Trinajstić information content (AvgIpc) is 3.06. The molecule has 0 aliphatic heterocycles. The third kappa shape index (κ3) is 4.63. The fraction of sp³-hybridized carbons (Fsp3) is 0.391. The van der Waals surface area contributed by atoms with Crippen LogP contribution >= 0.6 is 11.8 Å². The molecule has 3 aromatic rings. The minimum Gasteiger partial charge on any atom is -0.462 e. The SMILES string of the molecule is CCOC(=O)c1c(C)[nH]c(C(=O)CSc2nc3ccccc3c(=O)n2[C@H](C)COC)c1C. The number of hydrogen-bond acceptors (Lipinski definition) is 7. The van der Waals surface area contributed by atoms with Crippen LogP contribution in [0.25, 0.3) is 10.9 Å². The van der Waals surface area contributed by atoms with Gasteiger partial charge in [-0.2, -0.15) is 0 Å². The number of Topliss-reactive ketones (excluding diaryl/α,β-unsaturated/α-hetero) is 1. The van der Waals surface area contributed by atoms with Crippen LogP contribution in [0, 0.1) is 13.8 Å². The molecule has 0 bridgehead atoms. The Morgan fingerprint density at radius 3 is 2.66 bits per heavy atom. The van der Waals surface area contributed by atoms with Crippen LogP contribution in [0.3, 0.4) is 0 Å². The molecule has 0 aliphatic carbocycles. The van der Waals surface area contributed by atoms with Gasteiger partial charge in [-0.3, -0.25) is 14.2 Å². The van der Waals surface area contributed by atoms with E-state index < -0.39 is 5.97 Å². The molecule has 32 heavy (non-hydrogen) atoms. The number of carbonyl (C=O) groups is 2. The summed E-state index contributed by atoms with van der Waals surface area (Å²) >= 11 is 1.19. The summed E-state index contributed by atoms with van der Waals surface area (Å²) in [6, 6.07) is 6.87. The van der Waals surface area contributed by atoms with E-state index in [-0.39, 0.29) is 29.7 Å². The fourth-order valence-corrected chi connectivity index (χ4v) is 4.64. The number of aromatic amines is 1. The lowest BCUT2D eigenvalue weighted by atomic mass is 10.1. The third-order valence-corrected chi connectivity index (χ3v) is 6.11. The van der Waals surface area contributed by atoms with Gasteiger partial charge < -0.3 is 14.5 Å². The van der Waals surface area contributed by atoms with Crippen LogP contribution in [0.4, 0.5) is 0 Å². The number of benzene rings is 1. The lowest BCUT2D eigenvalue weighted by molar-refractivity contribution is 0.0525. The van der Waals surface area contributed by atoms with Crippen LogP contribution in [0.15, 0.2) is 34.2 Å². The Morgan fingerprint density at radius 2 is 1.97 bits per heavy atom. The number of nitrogens with zero attached hydrogens (tertiary/aromatic N) is 2. The fourth-order valence-electron chi connectivity index (χ4n) is 3.67. The molecular weight excluding hydrogens is 430 g/mol. The number of thioether (sulfide) groups is 1. The molecule has 1 atom stereocenters. The Bertz CT molecular complexity index is 1210. The first kappa shape index (κ1) is 23.7. The molecule has 8 nitrogen and oxygen atoms in total. The van der Waals surface area contributed by atoms with Gasteiger partial charge in [-0.1, -0.05) is 23.9 Å². The number of carbonyl (C=O) groups excluding carboxylic acids is 2. The smallest absolute Gasteiger partial charge is 0.340 e. The second-order valence-corrected chi connectivity index (χ2v) is 8.39. The lowest BCUT2D eigenvalue weighted by Crippen LogP contribution is -2.28. The Morgan fingerprint density at radius 1 is 1.25 bits per heavy atom. The van der Waals surface area contributed by atoms with Gasteiger partial charge in [0.1, 0.15) is 0 Å². The topological polar surface area (TPSA) is 103 Å². The van der Waals surface area contributed by atoms with Gasteiger partial charge in [-0.25, -0.2) is 9.78 Å². The number of H-pyrrole nitrogens is 1. The first-order valence-electron chi connectivity index (χ1n) is 10.3. The lowest BCUT2D eigenvalue weighted by Gasteiger charge is -2.18. The van der Waals surface area contributed by atoms with Gasteiger partial charge in [-0.15, -0.1) is 0 Å². The van der Waals surface area contributed by atoms with Crippen LogP contribution in [-0.4, -0.2) is 52.4 Å². The molecule has 170 valence electrons. The van der Waals surface area contributed by atoms with E-state index in [0.717, 1.165) is 0 Å². The predicted octanol–water partition coefficient (Wildman–Crippen LogP) is 3.70. The van der Waals surface area contributed by atoms with Crippen molar-refractivity contribution in [3.8, 4) is 0 Å². The van der Waals surface area contributed by atoms with Gasteiger partial charge in [-0.05, 0) is 45.4 Å². The summed E-state index contributed by atoms with van der Waals surface area (Å²) in [6.45, 7) is 7.65. The van der Waals surface area contributed by atoms with E-state index in [1.807, 2.05) is 13.0 Å². The molecule has 0 saturated carbocycles. The van der Waals surface area contributed by atoms with Crippen molar-refractivity contribution >= 4 is 34.4 Å². The molecule has 0 unspecified atom stereocenters. The predicted molar refractivity (Wildman–Crippen MR) is 124 cm³/mol. The summed E-state index contributed by atoms with van der Waals surface area (Å²) in [5, 5.41) is 0.958. The number of hydrogen-bond donors (Lipinski definition) is 1. The molecule has 0 spiro atoms. The van der Waals surface area contributed by atoms with Crippen molar-refractivity contribution in [2.45, 2.75) is 38.9 Å². The Kier molecular flexibility index (Phi) is 7.52. The van der Waals surface area contributed by atoms with Crippen molar-refractivity contribution in [1.29, 1.82) is 0 Å². The maximum Gasteiger partial charge on any atom is 0.340 e. The van der Waals surface area contributed by atoms with Gasteiger partial charge in [0.2, 0.25) is 0 Å². The number of esters is 1. The number of ether oxygens (including phenoxy) is 2. The van der Waals surface area contributed by atoms with E-state index in [2.05, 4.69) is 9.97 Å². The molecule has 0 fully saturated rings. The Hall–Kier alpha value is -2.91. The van der Waals surface area contributed by atoms with E-state index in [4.69, 9.17) is 9.47 Å². The molecule has 0 radical (unpaired) electrons. The summed E-state index contributed by atoms with van der Waals surface area (Å²) < 4.78 is 11.9. The largest absolute Gasteiger partial charge is 0.462 e. The number of aromatic nitrogens is 3. The van der Waals surface area contributed by atoms with E-state index >= 15 is 0 Å². The number of methoxy groups -OCH3 is 1. The number of fused-ring (bicyclic) bond motifs is 1. The summed E-state index contributed by atoms with van der Waals surface area (Å²) in [6.07, 6.45) is 0. The van der Waals surface area contributed by atoms with Crippen molar-refractivity contribution in [2.75, 3.05) is 26.1 Å². The minimum absolute atomic E-state index is 0.0491. The van der Waals surface area contributed by atoms with Crippen LogP contribution in [0.5, 0.6) is 0 Å². The summed E-state index contributed by atoms with van der Waals surface area (Å²) in [5.41, 5.74) is 2.29. The van der Waals surface area contributed by atoms with Gasteiger partial charge in [0, 0.05) is 12.8 Å². The first-order valence-corrected chi connectivity index (χ1v) is 11.3. The van der Waals surface area contributed by atoms with Crippen LogP contribution in [0.2, 0.25) is 0 Å². The summed E-state index contributed by atoms with van der Waals surface area (Å²) in [4.78, 5) is 46.0. The highest BCUT2D eigenvalue weighted by Gasteiger charge is 2.24. The highest BCUT2D eigenvalue weighted by atomic mass is 32.2. The maximum absolute atomic E-state index is 13.1. The molecule has 1 N–H and O–H groups in total. The minimum atomic E-state index is -0.455. The molecule has 0 aliphatic rings. The molecule has 9 heteroatoms. The number of ketones is 1. The van der Waals surface area contributed by atoms with Crippen LogP contribution in [-0.2, 0) is 9.47 Å². The normalized spacial score (nSPS) is 12.2. The Labute approximate surface area is 190 Å². The average molecular weight is 458 g/mol. The van der Waals surface area contributed by atoms with Crippen molar-refractivity contribution in [3.05, 3.63) is 57.1 Å². The van der Waals surface area contributed by atoms with Crippen molar-refractivity contribution < 1.29 is 19.1 Å².